The minimum absolute atomic E-state index is 0.00740. The van der Waals surface area contributed by atoms with E-state index in [1.807, 2.05) is 0 Å². The monoisotopic (exact) mass is 254 g/mol. The Bertz CT molecular complexity index is 543. The van der Waals surface area contributed by atoms with Gasteiger partial charge in [0.05, 0.1) is 12.0 Å². The number of benzene rings is 1. The summed E-state index contributed by atoms with van der Waals surface area (Å²) in [4.78, 5) is 12.3. The van der Waals surface area contributed by atoms with Crippen molar-refractivity contribution in [3.63, 3.8) is 0 Å². The summed E-state index contributed by atoms with van der Waals surface area (Å²) < 4.78 is 30.9. The van der Waals surface area contributed by atoms with Gasteiger partial charge < -0.3 is 4.74 Å². The lowest BCUT2D eigenvalue weighted by molar-refractivity contribution is 0.104. The van der Waals surface area contributed by atoms with Gasteiger partial charge in [-0.1, -0.05) is 0 Å². The second-order valence-electron chi connectivity index (χ2n) is 3.34. The van der Waals surface area contributed by atoms with E-state index in [1.54, 1.807) is 5.38 Å². The number of thiophene rings is 1. The molecule has 1 aromatic heterocycles. The van der Waals surface area contributed by atoms with Crippen molar-refractivity contribution < 1.29 is 18.3 Å². The van der Waals surface area contributed by atoms with E-state index in [0.717, 1.165) is 18.2 Å². The van der Waals surface area contributed by atoms with Gasteiger partial charge in [-0.3, -0.25) is 4.79 Å². The molecule has 5 heteroatoms. The zero-order valence-corrected chi connectivity index (χ0v) is 9.68. The van der Waals surface area contributed by atoms with Gasteiger partial charge in [-0.05, 0) is 12.1 Å². The van der Waals surface area contributed by atoms with Gasteiger partial charge in [0, 0.05) is 23.1 Å². The van der Waals surface area contributed by atoms with Crippen molar-refractivity contribution in [2.75, 3.05) is 7.11 Å². The van der Waals surface area contributed by atoms with Crippen LogP contribution in [0.3, 0.4) is 0 Å². The summed E-state index contributed by atoms with van der Waals surface area (Å²) >= 11 is 1.17. The Hall–Kier alpha value is -1.75. The molecule has 0 spiro atoms. The third-order valence-electron chi connectivity index (χ3n) is 2.16. The van der Waals surface area contributed by atoms with Crippen LogP contribution in [0.1, 0.15) is 15.2 Å². The summed E-state index contributed by atoms with van der Waals surface area (Å²) in [5.74, 6) is -1.40. The summed E-state index contributed by atoms with van der Waals surface area (Å²) in [6, 6.07) is 4.29. The lowest BCUT2D eigenvalue weighted by Crippen LogP contribution is -2.00. The largest absolute Gasteiger partial charge is 0.496 e. The molecule has 0 N–H and O–H groups in total. The van der Waals surface area contributed by atoms with Crippen molar-refractivity contribution in [3.05, 3.63) is 51.7 Å². The van der Waals surface area contributed by atoms with E-state index in [9.17, 15) is 13.6 Å². The Morgan fingerprint density at radius 3 is 2.35 bits per heavy atom. The van der Waals surface area contributed by atoms with Gasteiger partial charge in [-0.2, -0.15) is 0 Å². The molecule has 0 atom stereocenters. The zero-order chi connectivity index (χ0) is 12.4. The smallest absolute Gasteiger partial charge is 0.203 e. The highest BCUT2D eigenvalue weighted by molar-refractivity contribution is 7.12. The van der Waals surface area contributed by atoms with Gasteiger partial charge >= 0.3 is 0 Å². The summed E-state index contributed by atoms with van der Waals surface area (Å²) in [6.45, 7) is 0. The quantitative estimate of drug-likeness (QED) is 0.786. The molecule has 0 radical (unpaired) electrons. The first kappa shape index (κ1) is 11.7. The lowest BCUT2D eigenvalue weighted by Gasteiger charge is -1.99. The standard InChI is InChI=1S/C12H8F2O2S/c1-16-10-5-11(17-6-10)12(15)7-2-8(13)4-9(14)3-7/h2-6H,1H3. The maximum Gasteiger partial charge on any atom is 0.203 e. The predicted molar refractivity (Wildman–Crippen MR) is 60.7 cm³/mol. The molecule has 1 aromatic carbocycles. The van der Waals surface area contributed by atoms with Crippen molar-refractivity contribution in [3.8, 4) is 5.75 Å². The first-order chi connectivity index (χ1) is 8.10. The number of methoxy groups -OCH3 is 1. The maximum atomic E-state index is 13.0. The van der Waals surface area contributed by atoms with Crippen molar-refractivity contribution in [2.24, 2.45) is 0 Å². The average molecular weight is 254 g/mol. The SMILES string of the molecule is COc1csc(C(=O)c2cc(F)cc(F)c2)c1. The first-order valence-corrected chi connectivity index (χ1v) is 5.61. The minimum atomic E-state index is -0.767. The number of rotatable bonds is 3. The van der Waals surface area contributed by atoms with Crippen LogP contribution in [0.15, 0.2) is 29.6 Å². The van der Waals surface area contributed by atoms with E-state index in [1.165, 1.54) is 24.5 Å². The van der Waals surface area contributed by atoms with Crippen LogP contribution in [0.5, 0.6) is 5.75 Å². The molecule has 0 saturated carbocycles. The topological polar surface area (TPSA) is 26.3 Å². The number of carbonyl (C=O) groups is 1. The van der Waals surface area contributed by atoms with Gasteiger partial charge in [0.1, 0.15) is 17.4 Å². The molecule has 17 heavy (non-hydrogen) atoms. The van der Waals surface area contributed by atoms with Crippen LogP contribution in [-0.2, 0) is 0 Å². The van der Waals surface area contributed by atoms with Gasteiger partial charge in [-0.25, -0.2) is 8.78 Å². The van der Waals surface area contributed by atoms with Crippen LogP contribution in [0, 0.1) is 11.6 Å². The predicted octanol–water partition coefficient (Wildman–Crippen LogP) is 3.27. The summed E-state index contributed by atoms with van der Waals surface area (Å²) in [6.07, 6.45) is 0. The lowest BCUT2D eigenvalue weighted by atomic mass is 10.1. The molecule has 2 nitrogen and oxygen atoms in total. The van der Waals surface area contributed by atoms with E-state index >= 15 is 0 Å². The number of halogens is 2. The Kier molecular flexibility index (Phi) is 3.19. The van der Waals surface area contributed by atoms with Crippen LogP contribution in [0.2, 0.25) is 0 Å². The van der Waals surface area contributed by atoms with Crippen LogP contribution in [0.4, 0.5) is 8.78 Å². The van der Waals surface area contributed by atoms with Crippen molar-refractivity contribution in [1.29, 1.82) is 0 Å². The van der Waals surface area contributed by atoms with Crippen LogP contribution < -0.4 is 4.74 Å². The third kappa shape index (κ3) is 2.50. The fourth-order valence-electron chi connectivity index (χ4n) is 1.37. The Morgan fingerprint density at radius 2 is 1.82 bits per heavy atom. The third-order valence-corrected chi connectivity index (χ3v) is 3.07. The number of carbonyl (C=O) groups excluding carboxylic acids is 1. The highest BCUT2D eigenvalue weighted by atomic mass is 32.1. The molecule has 0 saturated heterocycles. The summed E-state index contributed by atoms with van der Waals surface area (Å²) in [7, 11) is 1.48. The van der Waals surface area contributed by atoms with Crippen molar-refractivity contribution in [2.45, 2.75) is 0 Å². The highest BCUT2D eigenvalue weighted by Crippen LogP contribution is 2.24. The average Bonchev–Trinajstić information content (AvgIpc) is 2.75. The van der Waals surface area contributed by atoms with E-state index in [2.05, 4.69) is 0 Å². The molecule has 0 aliphatic heterocycles. The number of hydrogen-bond acceptors (Lipinski definition) is 3. The first-order valence-electron chi connectivity index (χ1n) is 4.73. The van der Waals surface area contributed by atoms with Crippen LogP contribution in [-0.4, -0.2) is 12.9 Å². The Labute approximate surface area is 100 Å². The Balaban J connectivity index is 2.36. The molecular weight excluding hydrogens is 246 g/mol. The van der Waals surface area contributed by atoms with E-state index in [4.69, 9.17) is 4.74 Å². The fourth-order valence-corrected chi connectivity index (χ4v) is 2.19. The van der Waals surface area contributed by atoms with Gasteiger partial charge in [-0.15, -0.1) is 11.3 Å². The molecular formula is C12H8F2O2S. The zero-order valence-electron chi connectivity index (χ0n) is 8.87. The van der Waals surface area contributed by atoms with Gasteiger partial charge in [0.2, 0.25) is 5.78 Å². The molecule has 2 aromatic rings. The molecule has 0 aliphatic carbocycles. The fraction of sp³-hybridized carbons (Fsp3) is 0.0833. The molecule has 2 rings (SSSR count). The second kappa shape index (κ2) is 4.63. The maximum absolute atomic E-state index is 13.0. The van der Waals surface area contributed by atoms with E-state index < -0.39 is 17.4 Å². The van der Waals surface area contributed by atoms with Gasteiger partial charge in [0.15, 0.2) is 0 Å². The molecule has 0 fully saturated rings. The second-order valence-corrected chi connectivity index (χ2v) is 4.25. The molecule has 0 bridgehead atoms. The van der Waals surface area contributed by atoms with Crippen molar-refractivity contribution >= 4 is 17.1 Å². The van der Waals surface area contributed by atoms with Crippen LogP contribution in [0.25, 0.3) is 0 Å². The van der Waals surface area contributed by atoms with E-state index in [-0.39, 0.29) is 5.56 Å². The van der Waals surface area contributed by atoms with Crippen molar-refractivity contribution in [1.82, 2.24) is 0 Å². The number of ketones is 1. The number of hydrogen-bond donors (Lipinski definition) is 0. The summed E-state index contributed by atoms with van der Waals surface area (Å²) in [5, 5.41) is 1.66. The highest BCUT2D eigenvalue weighted by Gasteiger charge is 2.14. The minimum Gasteiger partial charge on any atom is -0.496 e. The normalized spacial score (nSPS) is 10.3. The molecule has 0 aliphatic rings. The Morgan fingerprint density at radius 1 is 1.18 bits per heavy atom. The molecule has 1 heterocycles. The van der Waals surface area contributed by atoms with Crippen LogP contribution >= 0.6 is 11.3 Å². The summed E-state index contributed by atoms with van der Waals surface area (Å²) in [5.41, 5.74) is -0.00740. The van der Waals surface area contributed by atoms with E-state index in [0.29, 0.717) is 10.6 Å². The molecule has 0 amide bonds. The molecule has 0 unspecified atom stereocenters. The number of ether oxygens (including phenoxy) is 1. The van der Waals surface area contributed by atoms with Gasteiger partial charge in [0.25, 0.3) is 0 Å². The molecule has 88 valence electrons.